The SMILES string of the molecule is CCNC(=O)[C@@H](C)N(Cc1cccc(Br)c1)C(=O)CN(c1cc([N+](=O)[O-])ccc1OC)S(C)(=O)=O. The molecule has 0 aliphatic heterocycles. The Labute approximate surface area is 212 Å². The molecule has 1 N–H and O–H groups in total. The lowest BCUT2D eigenvalue weighted by molar-refractivity contribution is -0.384. The minimum atomic E-state index is -4.08. The van der Waals surface area contributed by atoms with Crippen LogP contribution in [0, 0.1) is 10.1 Å². The van der Waals surface area contributed by atoms with E-state index in [2.05, 4.69) is 21.2 Å². The van der Waals surface area contributed by atoms with E-state index in [0.717, 1.165) is 21.1 Å². The number of hydrogen-bond acceptors (Lipinski definition) is 7. The van der Waals surface area contributed by atoms with Crippen molar-refractivity contribution in [3.05, 3.63) is 62.6 Å². The fourth-order valence-corrected chi connectivity index (χ4v) is 4.61. The molecule has 0 unspecified atom stereocenters. The number of nitro groups is 1. The van der Waals surface area contributed by atoms with Crippen LogP contribution in [-0.4, -0.2) is 62.6 Å². The van der Waals surface area contributed by atoms with Gasteiger partial charge < -0.3 is 15.0 Å². The Morgan fingerprint density at radius 2 is 1.91 bits per heavy atom. The number of carbonyl (C=O) groups excluding carboxylic acids is 2. The number of nitrogens with zero attached hydrogens (tertiary/aromatic N) is 3. The number of nitrogens with one attached hydrogen (secondary N) is 1. The molecule has 0 spiro atoms. The lowest BCUT2D eigenvalue weighted by atomic mass is 10.1. The average Bonchev–Trinajstić information content (AvgIpc) is 2.79. The highest BCUT2D eigenvalue weighted by atomic mass is 79.9. The molecule has 13 heteroatoms. The number of likely N-dealkylation sites (N-methyl/N-ethyl adjacent to an activating group) is 1. The number of carbonyl (C=O) groups is 2. The number of non-ortho nitro benzene ring substituents is 1. The molecule has 0 bridgehead atoms. The molecule has 0 aromatic heterocycles. The maximum atomic E-state index is 13.5. The van der Waals surface area contributed by atoms with Crippen LogP contribution < -0.4 is 14.4 Å². The molecule has 2 rings (SSSR count). The van der Waals surface area contributed by atoms with Crippen molar-refractivity contribution < 1.29 is 27.7 Å². The number of amides is 2. The molecule has 0 saturated carbocycles. The van der Waals surface area contributed by atoms with Gasteiger partial charge in [-0.05, 0) is 37.6 Å². The molecule has 11 nitrogen and oxygen atoms in total. The van der Waals surface area contributed by atoms with Crippen LogP contribution in [0.3, 0.4) is 0 Å². The molecule has 190 valence electrons. The van der Waals surface area contributed by atoms with Gasteiger partial charge in [0.05, 0.1) is 18.3 Å². The van der Waals surface area contributed by atoms with Gasteiger partial charge in [0.25, 0.3) is 5.69 Å². The Hall–Kier alpha value is -3.19. The van der Waals surface area contributed by atoms with Crippen LogP contribution in [0.4, 0.5) is 11.4 Å². The Bertz CT molecular complexity index is 1210. The van der Waals surface area contributed by atoms with E-state index in [-0.39, 0.29) is 23.7 Å². The third-order valence-corrected chi connectivity index (χ3v) is 6.70. The number of nitro benzene ring substituents is 1. The van der Waals surface area contributed by atoms with Crippen LogP contribution in [-0.2, 0) is 26.2 Å². The molecule has 1 atom stereocenters. The molecule has 0 heterocycles. The first-order valence-corrected chi connectivity index (χ1v) is 13.1. The van der Waals surface area contributed by atoms with Crippen molar-refractivity contribution >= 4 is 49.1 Å². The van der Waals surface area contributed by atoms with Crippen molar-refractivity contribution in [1.29, 1.82) is 0 Å². The van der Waals surface area contributed by atoms with E-state index in [9.17, 15) is 28.1 Å². The van der Waals surface area contributed by atoms with Crippen LogP contribution >= 0.6 is 15.9 Å². The van der Waals surface area contributed by atoms with Gasteiger partial charge in [-0.25, -0.2) is 8.42 Å². The molecule has 2 aromatic rings. The number of ether oxygens (including phenoxy) is 1. The zero-order valence-corrected chi connectivity index (χ0v) is 22.1. The normalized spacial score (nSPS) is 11.9. The lowest BCUT2D eigenvalue weighted by Gasteiger charge is -2.31. The van der Waals surface area contributed by atoms with Crippen molar-refractivity contribution in [3.63, 3.8) is 0 Å². The monoisotopic (exact) mass is 570 g/mol. The van der Waals surface area contributed by atoms with Crippen molar-refractivity contribution in [2.75, 3.05) is 30.8 Å². The van der Waals surface area contributed by atoms with E-state index in [4.69, 9.17) is 4.74 Å². The predicted molar refractivity (Wildman–Crippen MR) is 135 cm³/mol. The number of sulfonamides is 1. The zero-order valence-electron chi connectivity index (χ0n) is 19.7. The van der Waals surface area contributed by atoms with Crippen LogP contribution in [0.25, 0.3) is 0 Å². The highest BCUT2D eigenvalue weighted by Crippen LogP contribution is 2.34. The van der Waals surface area contributed by atoms with E-state index in [1.165, 1.54) is 24.1 Å². The summed E-state index contributed by atoms with van der Waals surface area (Å²) in [4.78, 5) is 37.9. The summed E-state index contributed by atoms with van der Waals surface area (Å²) >= 11 is 3.37. The molecular weight excluding hydrogens is 544 g/mol. The topological polar surface area (TPSA) is 139 Å². The second-order valence-corrected chi connectivity index (χ2v) is 10.4. The fourth-order valence-electron chi connectivity index (χ4n) is 3.32. The number of halogens is 1. The Morgan fingerprint density at radius 3 is 2.46 bits per heavy atom. The van der Waals surface area contributed by atoms with E-state index in [1.54, 1.807) is 32.0 Å². The van der Waals surface area contributed by atoms with Gasteiger partial charge in [0.1, 0.15) is 24.0 Å². The number of rotatable bonds is 11. The minimum absolute atomic E-state index is 0.0280. The average molecular weight is 571 g/mol. The van der Waals surface area contributed by atoms with E-state index >= 15 is 0 Å². The molecule has 0 saturated heterocycles. The summed E-state index contributed by atoms with van der Waals surface area (Å²) in [7, 11) is -2.80. The lowest BCUT2D eigenvalue weighted by Crippen LogP contribution is -2.51. The van der Waals surface area contributed by atoms with E-state index in [1.807, 2.05) is 6.07 Å². The van der Waals surface area contributed by atoms with Crippen molar-refractivity contribution in [2.45, 2.75) is 26.4 Å². The van der Waals surface area contributed by atoms with Gasteiger partial charge in [-0.3, -0.25) is 24.0 Å². The number of methoxy groups -OCH3 is 1. The summed E-state index contributed by atoms with van der Waals surface area (Å²) < 4.78 is 32.1. The predicted octanol–water partition coefficient (Wildman–Crippen LogP) is 2.69. The molecule has 0 aliphatic rings. The fraction of sp³-hybridized carbons (Fsp3) is 0.364. The number of benzene rings is 2. The van der Waals surface area contributed by atoms with Gasteiger partial charge in [-0.1, -0.05) is 28.1 Å². The third kappa shape index (κ3) is 7.39. The van der Waals surface area contributed by atoms with Gasteiger partial charge >= 0.3 is 0 Å². The third-order valence-electron chi connectivity index (χ3n) is 5.08. The highest BCUT2D eigenvalue weighted by Gasteiger charge is 2.31. The maximum absolute atomic E-state index is 13.5. The molecule has 35 heavy (non-hydrogen) atoms. The van der Waals surface area contributed by atoms with Gasteiger partial charge in [-0.2, -0.15) is 0 Å². The Kier molecular flexibility index (Phi) is 9.60. The van der Waals surface area contributed by atoms with Crippen molar-refractivity contribution in [1.82, 2.24) is 10.2 Å². The second-order valence-electron chi connectivity index (χ2n) is 7.61. The van der Waals surface area contributed by atoms with Crippen molar-refractivity contribution in [2.24, 2.45) is 0 Å². The first-order chi connectivity index (χ1) is 16.4. The van der Waals surface area contributed by atoms with Gasteiger partial charge in [0.2, 0.25) is 21.8 Å². The quantitative estimate of drug-likeness (QED) is 0.323. The summed E-state index contributed by atoms with van der Waals surface area (Å²) in [6.45, 7) is 2.96. The Morgan fingerprint density at radius 1 is 1.23 bits per heavy atom. The van der Waals surface area contributed by atoms with Gasteiger partial charge in [0.15, 0.2) is 0 Å². The first-order valence-electron chi connectivity index (χ1n) is 10.5. The minimum Gasteiger partial charge on any atom is -0.495 e. The summed E-state index contributed by atoms with van der Waals surface area (Å²) in [5, 5.41) is 13.9. The summed E-state index contributed by atoms with van der Waals surface area (Å²) in [6, 6.07) is 9.66. The van der Waals surface area contributed by atoms with Crippen LogP contribution in [0.5, 0.6) is 5.75 Å². The standard InChI is InChI=1S/C22H27BrN4O7S/c1-5-24-22(29)15(2)25(13-16-7-6-8-17(23)11-16)21(28)14-26(35(4,32)33)19-12-18(27(30)31)9-10-20(19)34-3/h6-12,15H,5,13-14H2,1-4H3,(H,24,29)/t15-/m1/s1. The van der Waals surface area contributed by atoms with E-state index < -0.39 is 39.3 Å². The number of anilines is 1. The van der Waals surface area contributed by atoms with Crippen LogP contribution in [0.1, 0.15) is 19.4 Å². The maximum Gasteiger partial charge on any atom is 0.271 e. The first kappa shape index (κ1) is 28.1. The Balaban J connectivity index is 2.51. The second kappa shape index (κ2) is 12.0. The van der Waals surface area contributed by atoms with Crippen LogP contribution in [0.15, 0.2) is 46.9 Å². The van der Waals surface area contributed by atoms with Crippen LogP contribution in [0.2, 0.25) is 0 Å². The molecule has 0 aliphatic carbocycles. The molecule has 2 amide bonds. The summed E-state index contributed by atoms with van der Waals surface area (Å²) in [5.41, 5.74) is 0.178. The van der Waals surface area contributed by atoms with Gasteiger partial charge in [-0.15, -0.1) is 0 Å². The molecule has 0 fully saturated rings. The molecule has 2 aromatic carbocycles. The van der Waals surface area contributed by atoms with E-state index in [0.29, 0.717) is 12.1 Å². The summed E-state index contributed by atoms with van der Waals surface area (Å²) in [6.07, 6.45) is 0.879. The molecular formula is C22H27BrN4O7S. The summed E-state index contributed by atoms with van der Waals surface area (Å²) in [5.74, 6) is -1.05. The van der Waals surface area contributed by atoms with Gasteiger partial charge in [0, 0.05) is 29.7 Å². The highest BCUT2D eigenvalue weighted by molar-refractivity contribution is 9.10. The zero-order chi connectivity index (χ0) is 26.3. The number of hydrogen-bond donors (Lipinski definition) is 1. The van der Waals surface area contributed by atoms with Crippen molar-refractivity contribution in [3.8, 4) is 5.75 Å². The largest absolute Gasteiger partial charge is 0.495 e. The molecule has 0 radical (unpaired) electrons. The smallest absolute Gasteiger partial charge is 0.271 e.